The Labute approximate surface area is 152 Å². The number of nitrogens with zero attached hydrogens (tertiary/aromatic N) is 1. The van der Waals surface area contributed by atoms with Crippen LogP contribution in [-0.4, -0.2) is 10.5 Å². The van der Waals surface area contributed by atoms with Crippen LogP contribution in [0, 0.1) is 17.7 Å². The van der Waals surface area contributed by atoms with Crippen LogP contribution in [0.25, 0.3) is 21.8 Å². The van der Waals surface area contributed by atoms with E-state index < -0.39 is 17.5 Å². The summed E-state index contributed by atoms with van der Waals surface area (Å²) in [7, 11) is 0. The minimum Gasteiger partial charge on any atom is -0.366 e. The van der Waals surface area contributed by atoms with Gasteiger partial charge in [-0.25, -0.2) is 8.78 Å². The zero-order valence-electron chi connectivity index (χ0n) is 13.4. The number of primary amides is 1. The summed E-state index contributed by atoms with van der Waals surface area (Å²) in [5, 5.41) is 1.71. The van der Waals surface area contributed by atoms with E-state index in [1.54, 1.807) is 34.9 Å². The van der Waals surface area contributed by atoms with Gasteiger partial charge in [-0.15, -0.1) is 0 Å². The van der Waals surface area contributed by atoms with E-state index in [2.05, 4.69) is 6.07 Å². The fraction of sp³-hybridized carbons (Fsp3) is 0.0500. The molecule has 0 fully saturated rings. The van der Waals surface area contributed by atoms with Crippen LogP contribution in [0.1, 0.15) is 15.9 Å². The Morgan fingerprint density at radius 2 is 1.92 bits per heavy atom. The maximum Gasteiger partial charge on any atom is 0.249 e. The predicted molar refractivity (Wildman–Crippen MR) is 97.3 cm³/mol. The van der Waals surface area contributed by atoms with Crippen LogP contribution in [0.3, 0.4) is 0 Å². The van der Waals surface area contributed by atoms with Crippen LogP contribution < -0.4 is 5.73 Å². The Kier molecular flexibility index (Phi) is 3.89. The van der Waals surface area contributed by atoms with Crippen molar-refractivity contribution >= 4 is 39.3 Å². The smallest absolute Gasteiger partial charge is 0.249 e. The van der Waals surface area contributed by atoms with Crippen LogP contribution in [-0.2, 0) is 6.54 Å². The van der Waals surface area contributed by atoms with Gasteiger partial charge in [-0.2, -0.15) is 0 Å². The SMILES string of the molecule is NC(=O)c1cccc2c1c1[c]cc(Cl)cc1n2Cc1cccc(F)c1F. The molecule has 0 aliphatic rings. The normalized spacial score (nSPS) is 11.3. The Balaban J connectivity index is 2.07. The first-order valence-electron chi connectivity index (χ1n) is 7.82. The third-order valence-corrected chi connectivity index (χ3v) is 4.60. The van der Waals surface area contributed by atoms with Crippen LogP contribution in [0.4, 0.5) is 8.78 Å². The topological polar surface area (TPSA) is 48.0 Å². The Morgan fingerprint density at radius 3 is 2.69 bits per heavy atom. The van der Waals surface area contributed by atoms with Crippen molar-refractivity contribution in [2.75, 3.05) is 0 Å². The molecule has 129 valence electrons. The fourth-order valence-electron chi connectivity index (χ4n) is 3.25. The highest BCUT2D eigenvalue weighted by Crippen LogP contribution is 2.33. The lowest BCUT2D eigenvalue weighted by Gasteiger charge is -2.09. The molecule has 0 spiro atoms. The number of halogens is 3. The van der Waals surface area contributed by atoms with Gasteiger partial charge in [-0.3, -0.25) is 4.79 Å². The summed E-state index contributed by atoms with van der Waals surface area (Å²) in [6.45, 7) is 0.0694. The second-order valence-electron chi connectivity index (χ2n) is 5.94. The van der Waals surface area contributed by atoms with Gasteiger partial charge < -0.3 is 10.3 Å². The number of carbonyl (C=O) groups is 1. The molecule has 0 aliphatic carbocycles. The number of hydrogen-bond acceptors (Lipinski definition) is 1. The van der Waals surface area contributed by atoms with E-state index in [1.165, 1.54) is 12.1 Å². The summed E-state index contributed by atoms with van der Waals surface area (Å²) in [5.41, 5.74) is 7.36. The van der Waals surface area contributed by atoms with Gasteiger partial charge in [0.15, 0.2) is 11.6 Å². The van der Waals surface area contributed by atoms with E-state index in [4.69, 9.17) is 17.3 Å². The highest BCUT2D eigenvalue weighted by molar-refractivity contribution is 6.31. The van der Waals surface area contributed by atoms with Crippen molar-refractivity contribution in [1.29, 1.82) is 0 Å². The lowest BCUT2D eigenvalue weighted by Crippen LogP contribution is -2.11. The third-order valence-electron chi connectivity index (χ3n) is 4.38. The van der Waals surface area contributed by atoms with Gasteiger partial charge in [0.05, 0.1) is 17.6 Å². The van der Waals surface area contributed by atoms with Crippen LogP contribution >= 0.6 is 11.6 Å². The molecule has 0 atom stereocenters. The average Bonchev–Trinajstić information content (AvgIpc) is 2.92. The molecule has 1 heterocycles. The minimum atomic E-state index is -0.911. The number of benzene rings is 3. The average molecular weight is 370 g/mol. The lowest BCUT2D eigenvalue weighted by molar-refractivity contribution is 0.100. The van der Waals surface area contributed by atoms with Crippen molar-refractivity contribution in [3.8, 4) is 0 Å². The first-order valence-corrected chi connectivity index (χ1v) is 8.20. The second-order valence-corrected chi connectivity index (χ2v) is 6.38. The summed E-state index contributed by atoms with van der Waals surface area (Å²) in [4.78, 5) is 11.9. The molecular weight excluding hydrogens is 358 g/mol. The molecule has 2 N–H and O–H groups in total. The first kappa shape index (κ1) is 16.5. The van der Waals surface area contributed by atoms with Gasteiger partial charge in [0.25, 0.3) is 0 Å². The summed E-state index contributed by atoms with van der Waals surface area (Å²) >= 11 is 6.11. The van der Waals surface area contributed by atoms with Gasteiger partial charge >= 0.3 is 0 Å². The van der Waals surface area contributed by atoms with E-state index in [1.807, 2.05) is 0 Å². The maximum atomic E-state index is 14.2. The zero-order valence-corrected chi connectivity index (χ0v) is 14.1. The molecule has 0 saturated heterocycles. The van der Waals surface area contributed by atoms with Crippen molar-refractivity contribution < 1.29 is 13.6 Å². The largest absolute Gasteiger partial charge is 0.366 e. The van der Waals surface area contributed by atoms with Crippen molar-refractivity contribution in [2.24, 2.45) is 5.73 Å². The molecule has 1 amide bonds. The van der Waals surface area contributed by atoms with Gasteiger partial charge in [-0.1, -0.05) is 29.8 Å². The van der Waals surface area contributed by atoms with Crippen LogP contribution in [0.5, 0.6) is 0 Å². The number of hydrogen-bond donors (Lipinski definition) is 1. The van der Waals surface area contributed by atoms with E-state index in [-0.39, 0.29) is 12.1 Å². The summed E-state index contributed by atoms with van der Waals surface area (Å²) in [6.07, 6.45) is 0. The quantitative estimate of drug-likeness (QED) is 0.560. The molecule has 6 heteroatoms. The molecule has 0 bridgehead atoms. The van der Waals surface area contributed by atoms with Crippen molar-refractivity contribution in [1.82, 2.24) is 4.57 Å². The molecule has 3 nitrogen and oxygen atoms in total. The molecule has 0 aliphatic heterocycles. The lowest BCUT2D eigenvalue weighted by atomic mass is 10.1. The summed E-state index contributed by atoms with van der Waals surface area (Å²) in [6, 6.07) is 15.5. The van der Waals surface area contributed by atoms with Gasteiger partial charge in [0.1, 0.15) is 0 Å². The van der Waals surface area contributed by atoms with E-state index in [9.17, 15) is 13.6 Å². The fourth-order valence-corrected chi connectivity index (χ4v) is 3.40. The molecule has 1 aromatic heterocycles. The van der Waals surface area contributed by atoms with Crippen LogP contribution in [0.15, 0.2) is 48.5 Å². The van der Waals surface area contributed by atoms with E-state index in [0.29, 0.717) is 32.4 Å². The van der Waals surface area contributed by atoms with Gasteiger partial charge in [0, 0.05) is 26.9 Å². The number of carbonyl (C=O) groups excluding carboxylic acids is 1. The van der Waals surface area contributed by atoms with Gasteiger partial charge in [-0.05, 0) is 36.4 Å². The van der Waals surface area contributed by atoms with Crippen molar-refractivity contribution in [3.63, 3.8) is 0 Å². The number of nitrogens with two attached hydrogens (primary N) is 1. The zero-order chi connectivity index (χ0) is 18.4. The van der Waals surface area contributed by atoms with Crippen molar-refractivity contribution in [3.05, 3.63) is 82.4 Å². The number of fused-ring (bicyclic) bond motifs is 3. The second kappa shape index (κ2) is 6.11. The van der Waals surface area contributed by atoms with E-state index in [0.717, 1.165) is 6.07 Å². The minimum absolute atomic E-state index is 0.0694. The molecular formula is C20H12ClF2N2O. The Morgan fingerprint density at radius 1 is 1.15 bits per heavy atom. The molecule has 3 aromatic carbocycles. The summed E-state index contributed by atoms with van der Waals surface area (Å²) < 4.78 is 29.6. The number of rotatable bonds is 3. The monoisotopic (exact) mass is 369 g/mol. The predicted octanol–water partition coefficient (Wildman–Crippen LogP) is 4.67. The molecule has 0 saturated carbocycles. The molecule has 1 radical (unpaired) electrons. The third kappa shape index (κ3) is 2.52. The van der Waals surface area contributed by atoms with Crippen molar-refractivity contribution in [2.45, 2.75) is 6.54 Å². The molecule has 4 rings (SSSR count). The highest BCUT2D eigenvalue weighted by Gasteiger charge is 2.18. The summed E-state index contributed by atoms with van der Waals surface area (Å²) in [5.74, 6) is -2.39. The molecule has 4 aromatic rings. The standard InChI is InChI=1S/C20H12ClF2N2O/c21-12-7-8-13-17(9-12)25(10-11-3-1-5-15(22)19(11)23)16-6-2-4-14(18(13)16)20(24)26/h1-7,9H,10H2,(H2,24,26). The molecule has 26 heavy (non-hydrogen) atoms. The van der Waals surface area contributed by atoms with Gasteiger partial charge in [0.2, 0.25) is 5.91 Å². The van der Waals surface area contributed by atoms with Crippen LogP contribution in [0.2, 0.25) is 5.02 Å². The first-order chi connectivity index (χ1) is 12.5. The molecule has 0 unspecified atom stereocenters. The highest BCUT2D eigenvalue weighted by atomic mass is 35.5. The Bertz CT molecular complexity index is 1180. The number of aromatic nitrogens is 1. The number of amides is 1. The maximum absolute atomic E-state index is 14.2. The Hall–Kier alpha value is -2.92. The van der Waals surface area contributed by atoms with E-state index >= 15 is 0 Å².